The number of benzene rings is 2. The molecule has 0 aromatic heterocycles. The molecule has 2 N–H and O–H groups in total. The lowest BCUT2D eigenvalue weighted by molar-refractivity contribution is -0.147. The molecule has 0 spiro atoms. The minimum Gasteiger partial charge on any atom is -0.497 e. The molecule has 5 atom stereocenters. The van der Waals surface area contributed by atoms with E-state index in [0.29, 0.717) is 29.6 Å². The van der Waals surface area contributed by atoms with Crippen molar-refractivity contribution in [2.45, 2.75) is 55.2 Å². The third-order valence-electron chi connectivity index (χ3n) is 8.79. The molecule has 2 aromatic carbocycles. The lowest BCUT2D eigenvalue weighted by atomic mass is 9.92. The van der Waals surface area contributed by atoms with Crippen molar-refractivity contribution in [3.05, 3.63) is 71.5 Å². The summed E-state index contributed by atoms with van der Waals surface area (Å²) in [5, 5.41) is 12.8. The second kappa shape index (κ2) is 14.1. The second-order valence-corrected chi connectivity index (χ2v) is 13.4. The number of hydrogen-bond acceptors (Lipinski definition) is 9. The highest BCUT2D eigenvalue weighted by atomic mass is 32.2. The molecule has 0 radical (unpaired) electrons. The fraction of sp³-hybridized carbons (Fsp3) is 0.500. The zero-order valence-corrected chi connectivity index (χ0v) is 25.8. The summed E-state index contributed by atoms with van der Waals surface area (Å²) in [7, 11) is -1.10. The van der Waals surface area contributed by atoms with Crippen LogP contribution in [0.3, 0.4) is 0 Å². The average Bonchev–Trinajstić information content (AvgIpc) is 3.67. The van der Waals surface area contributed by atoms with Crippen LogP contribution in [-0.4, -0.2) is 82.6 Å². The Balaban J connectivity index is 1.28. The van der Waals surface area contributed by atoms with Crippen LogP contribution in [-0.2, 0) is 29.0 Å². The maximum absolute atomic E-state index is 13.4. The number of nitrogens with one attached hydrogen (secondary N) is 1. The van der Waals surface area contributed by atoms with E-state index in [0.717, 1.165) is 29.1 Å². The quantitative estimate of drug-likeness (QED) is 0.320. The van der Waals surface area contributed by atoms with Gasteiger partial charge in [-0.05, 0) is 79.1 Å². The molecular formula is C32H40N2O9S. The highest BCUT2D eigenvalue weighted by Crippen LogP contribution is 2.44. The van der Waals surface area contributed by atoms with Gasteiger partial charge in [0.1, 0.15) is 5.75 Å². The Morgan fingerprint density at radius 2 is 1.75 bits per heavy atom. The number of allylic oxidation sites excluding steroid dienone is 1. The highest BCUT2D eigenvalue weighted by molar-refractivity contribution is 7.89. The van der Waals surface area contributed by atoms with Gasteiger partial charge in [0.2, 0.25) is 16.3 Å². The second-order valence-electron chi connectivity index (χ2n) is 11.5. The number of esters is 1. The van der Waals surface area contributed by atoms with Crippen LogP contribution in [0.25, 0.3) is 0 Å². The van der Waals surface area contributed by atoms with Crippen LogP contribution in [0.15, 0.2) is 65.3 Å². The Morgan fingerprint density at radius 1 is 1.00 bits per heavy atom. The van der Waals surface area contributed by atoms with Gasteiger partial charge < -0.3 is 29.4 Å². The number of carbonyl (C=O) groups is 2. The summed E-state index contributed by atoms with van der Waals surface area (Å²) < 4.78 is 49.7. The summed E-state index contributed by atoms with van der Waals surface area (Å²) in [6, 6.07) is 13.1. The van der Waals surface area contributed by atoms with Crippen molar-refractivity contribution in [2.24, 2.45) is 11.8 Å². The van der Waals surface area contributed by atoms with E-state index in [9.17, 15) is 23.1 Å². The maximum Gasteiger partial charge on any atom is 0.337 e. The van der Waals surface area contributed by atoms with Gasteiger partial charge in [0, 0.05) is 31.5 Å². The van der Waals surface area contributed by atoms with E-state index in [-0.39, 0.29) is 54.8 Å². The molecule has 2 saturated carbocycles. The van der Waals surface area contributed by atoms with E-state index in [1.807, 2.05) is 12.1 Å². The first kappa shape index (κ1) is 32.0. The molecule has 44 heavy (non-hydrogen) atoms. The number of rotatable bonds is 13. The minimum atomic E-state index is -3.92. The predicted octanol–water partition coefficient (Wildman–Crippen LogP) is 3.20. The molecule has 2 aliphatic carbocycles. The van der Waals surface area contributed by atoms with Crippen LogP contribution in [0.4, 0.5) is 0 Å². The highest BCUT2D eigenvalue weighted by Gasteiger charge is 2.41. The summed E-state index contributed by atoms with van der Waals surface area (Å²) >= 11 is 0. The Morgan fingerprint density at radius 3 is 2.36 bits per heavy atom. The standard InChI is InChI=1S/C32H40N2O9S/c1-40-26-9-11-27(12-10-26)44(38,39)34(13-15-35)14-16-42-30-20-25(22-5-7-23(8-6-22)32(37)41-2)19-29(43-30)31(36)33-28-18-21-3-4-24(28)17-21/h5-12,19,21,24-25,28,30,35H,3-4,13-18,20H2,1-2H3,(H,33,36)/t21?,24?,25-,28?,30+/m1/s1. The fourth-order valence-electron chi connectivity index (χ4n) is 6.44. The molecule has 0 saturated heterocycles. The molecule has 1 amide bonds. The molecule has 12 heteroatoms. The monoisotopic (exact) mass is 628 g/mol. The Hall–Kier alpha value is -3.45. The largest absolute Gasteiger partial charge is 0.497 e. The van der Waals surface area contributed by atoms with E-state index in [4.69, 9.17) is 18.9 Å². The number of amides is 1. The minimum absolute atomic E-state index is 0.0324. The van der Waals surface area contributed by atoms with Crippen molar-refractivity contribution in [1.82, 2.24) is 9.62 Å². The third kappa shape index (κ3) is 7.26. The van der Waals surface area contributed by atoms with Gasteiger partial charge in [0.15, 0.2) is 5.76 Å². The zero-order valence-electron chi connectivity index (χ0n) is 25.0. The molecular weight excluding hydrogens is 588 g/mol. The molecule has 2 aromatic rings. The number of ether oxygens (including phenoxy) is 4. The summed E-state index contributed by atoms with van der Waals surface area (Å²) in [4.78, 5) is 25.4. The van der Waals surface area contributed by atoms with Crippen molar-refractivity contribution in [3.63, 3.8) is 0 Å². The fourth-order valence-corrected chi connectivity index (χ4v) is 7.86. The first-order valence-corrected chi connectivity index (χ1v) is 16.4. The molecule has 3 unspecified atom stereocenters. The number of aliphatic hydroxyl groups excluding tert-OH is 1. The summed E-state index contributed by atoms with van der Waals surface area (Å²) in [6.45, 7) is -0.552. The molecule has 5 rings (SSSR count). The van der Waals surface area contributed by atoms with Crippen molar-refractivity contribution in [3.8, 4) is 5.75 Å². The van der Waals surface area contributed by atoms with E-state index in [2.05, 4.69) is 5.32 Å². The first-order valence-electron chi connectivity index (χ1n) is 15.0. The number of sulfonamides is 1. The van der Waals surface area contributed by atoms with Crippen LogP contribution >= 0.6 is 0 Å². The van der Waals surface area contributed by atoms with Gasteiger partial charge in [0.05, 0.1) is 37.9 Å². The van der Waals surface area contributed by atoms with Gasteiger partial charge in [-0.1, -0.05) is 18.6 Å². The lowest BCUT2D eigenvalue weighted by Gasteiger charge is -2.31. The van der Waals surface area contributed by atoms with Crippen LogP contribution in [0, 0.1) is 11.8 Å². The number of hydrogen-bond donors (Lipinski definition) is 2. The van der Waals surface area contributed by atoms with E-state index >= 15 is 0 Å². The van der Waals surface area contributed by atoms with E-state index in [1.54, 1.807) is 30.3 Å². The Labute approximate surface area is 258 Å². The van der Waals surface area contributed by atoms with Gasteiger partial charge in [-0.3, -0.25) is 4.79 Å². The Bertz CT molecular complexity index is 1440. The van der Waals surface area contributed by atoms with Crippen molar-refractivity contribution in [1.29, 1.82) is 0 Å². The van der Waals surface area contributed by atoms with Crippen molar-refractivity contribution < 1.29 is 42.1 Å². The number of aliphatic hydroxyl groups is 1. The van der Waals surface area contributed by atoms with Crippen LogP contribution < -0.4 is 10.1 Å². The zero-order chi connectivity index (χ0) is 31.3. The van der Waals surface area contributed by atoms with Crippen LogP contribution in [0.1, 0.15) is 53.9 Å². The van der Waals surface area contributed by atoms with Crippen molar-refractivity contribution in [2.75, 3.05) is 40.5 Å². The van der Waals surface area contributed by atoms with Crippen molar-refractivity contribution >= 4 is 21.9 Å². The number of nitrogens with zero attached hydrogens (tertiary/aromatic N) is 1. The summed E-state index contributed by atoms with van der Waals surface area (Å²) in [6.07, 6.45) is 5.79. The van der Waals surface area contributed by atoms with E-state index < -0.39 is 22.3 Å². The van der Waals surface area contributed by atoms with Gasteiger partial charge in [-0.25, -0.2) is 13.2 Å². The first-order chi connectivity index (χ1) is 21.2. The number of carbonyl (C=O) groups excluding carboxylic acids is 2. The molecule has 1 aliphatic heterocycles. The van der Waals surface area contributed by atoms with Gasteiger partial charge >= 0.3 is 5.97 Å². The normalized spacial score (nSPS) is 24.5. The smallest absolute Gasteiger partial charge is 0.337 e. The van der Waals surface area contributed by atoms with Gasteiger partial charge in [-0.2, -0.15) is 4.31 Å². The predicted molar refractivity (Wildman–Crippen MR) is 160 cm³/mol. The average molecular weight is 629 g/mol. The third-order valence-corrected chi connectivity index (χ3v) is 10.7. The molecule has 2 bridgehead atoms. The molecule has 3 aliphatic rings. The van der Waals surface area contributed by atoms with E-state index in [1.165, 1.54) is 32.8 Å². The summed E-state index contributed by atoms with van der Waals surface area (Å²) in [5.41, 5.74) is 1.28. The summed E-state index contributed by atoms with van der Waals surface area (Å²) in [5.74, 6) is 0.853. The van der Waals surface area contributed by atoms with Crippen LogP contribution in [0.5, 0.6) is 5.75 Å². The molecule has 11 nitrogen and oxygen atoms in total. The number of methoxy groups -OCH3 is 2. The SMILES string of the molecule is COC(=O)c1ccc([C@@H]2C=C(C(=O)NC3CC4CCC3C4)O[C@H](OCCN(CCO)S(=O)(=O)c3ccc(OC)cc3)C2)cc1. The van der Waals surface area contributed by atoms with Crippen LogP contribution in [0.2, 0.25) is 0 Å². The maximum atomic E-state index is 13.4. The number of fused-ring (bicyclic) bond motifs is 2. The molecule has 238 valence electrons. The Kier molecular flexibility index (Phi) is 10.2. The molecule has 1 heterocycles. The van der Waals surface area contributed by atoms with Gasteiger partial charge in [0.25, 0.3) is 5.91 Å². The topological polar surface area (TPSA) is 141 Å². The molecule has 2 fully saturated rings. The lowest BCUT2D eigenvalue weighted by Crippen LogP contribution is -2.41. The van der Waals surface area contributed by atoms with Gasteiger partial charge in [-0.15, -0.1) is 0 Å².